The summed E-state index contributed by atoms with van der Waals surface area (Å²) in [7, 11) is 1.61. The van der Waals surface area contributed by atoms with E-state index >= 15 is 0 Å². The van der Waals surface area contributed by atoms with Crippen LogP contribution in [0.4, 0.5) is 0 Å². The number of nitrogens with zero attached hydrogens (tertiary/aromatic N) is 1. The number of rotatable bonds is 4. The van der Waals surface area contributed by atoms with Gasteiger partial charge in [-0.05, 0) is 30.0 Å². The summed E-state index contributed by atoms with van der Waals surface area (Å²) in [6, 6.07) is 6.28. The van der Waals surface area contributed by atoms with Gasteiger partial charge in [-0.15, -0.1) is 0 Å². The van der Waals surface area contributed by atoms with Crippen molar-refractivity contribution in [1.82, 2.24) is 10.2 Å². The van der Waals surface area contributed by atoms with Crippen LogP contribution < -0.4 is 10.1 Å². The molecule has 2 atom stereocenters. The van der Waals surface area contributed by atoms with E-state index in [9.17, 15) is 4.79 Å². The molecule has 1 amide bonds. The highest BCUT2D eigenvalue weighted by molar-refractivity contribution is 6.32. The second-order valence-corrected chi connectivity index (χ2v) is 6.09. The Hall–Kier alpha value is -1.26. The molecule has 21 heavy (non-hydrogen) atoms. The SMILES string of the molecule is COc1ccc(CN[C@@H]2CCN(C(C)=O)C[C@@H]2C)cc1Cl. The Balaban J connectivity index is 1.89. The van der Waals surface area contributed by atoms with Gasteiger partial charge in [-0.25, -0.2) is 0 Å². The minimum atomic E-state index is 0.169. The van der Waals surface area contributed by atoms with Crippen LogP contribution in [0.1, 0.15) is 25.8 Å². The summed E-state index contributed by atoms with van der Waals surface area (Å²) >= 11 is 6.14. The molecule has 5 heteroatoms. The fourth-order valence-electron chi connectivity index (χ4n) is 2.80. The van der Waals surface area contributed by atoms with E-state index < -0.39 is 0 Å². The van der Waals surface area contributed by atoms with Crippen molar-refractivity contribution in [2.75, 3.05) is 20.2 Å². The molecule has 0 aliphatic carbocycles. The van der Waals surface area contributed by atoms with Gasteiger partial charge in [0.25, 0.3) is 0 Å². The fourth-order valence-corrected chi connectivity index (χ4v) is 3.08. The van der Waals surface area contributed by atoms with Crippen molar-refractivity contribution in [2.45, 2.75) is 32.9 Å². The molecule has 1 aliphatic heterocycles. The molecule has 1 N–H and O–H groups in total. The Labute approximate surface area is 131 Å². The Morgan fingerprint density at radius 1 is 1.52 bits per heavy atom. The molecule has 0 unspecified atom stereocenters. The van der Waals surface area contributed by atoms with Crippen molar-refractivity contribution in [2.24, 2.45) is 5.92 Å². The van der Waals surface area contributed by atoms with Crippen LogP contribution in [0.5, 0.6) is 5.75 Å². The number of benzene rings is 1. The predicted octanol–water partition coefficient (Wildman–Crippen LogP) is 2.70. The molecule has 1 aromatic rings. The Morgan fingerprint density at radius 2 is 2.29 bits per heavy atom. The quantitative estimate of drug-likeness (QED) is 0.929. The van der Waals surface area contributed by atoms with Crippen molar-refractivity contribution in [1.29, 1.82) is 0 Å². The van der Waals surface area contributed by atoms with Gasteiger partial charge in [0.1, 0.15) is 5.75 Å². The summed E-state index contributed by atoms with van der Waals surface area (Å²) in [5.41, 5.74) is 1.14. The Kier molecular flexibility index (Phi) is 5.48. The molecule has 1 heterocycles. The van der Waals surface area contributed by atoms with E-state index in [1.165, 1.54) is 0 Å². The van der Waals surface area contributed by atoms with Gasteiger partial charge >= 0.3 is 0 Å². The normalized spacial score (nSPS) is 22.2. The van der Waals surface area contributed by atoms with E-state index in [1.807, 2.05) is 23.1 Å². The summed E-state index contributed by atoms with van der Waals surface area (Å²) in [5.74, 6) is 1.32. The molecule has 0 aromatic heterocycles. The predicted molar refractivity (Wildman–Crippen MR) is 84.7 cm³/mol. The first-order chi connectivity index (χ1) is 10.0. The summed E-state index contributed by atoms with van der Waals surface area (Å²) in [6.45, 7) is 6.27. The average Bonchev–Trinajstić information content (AvgIpc) is 2.46. The number of likely N-dealkylation sites (tertiary alicyclic amines) is 1. The zero-order valence-electron chi connectivity index (χ0n) is 12.9. The van der Waals surface area contributed by atoms with Crippen molar-refractivity contribution in [3.63, 3.8) is 0 Å². The molecule has 116 valence electrons. The number of halogens is 1. The van der Waals surface area contributed by atoms with E-state index in [1.54, 1.807) is 14.0 Å². The molecule has 1 fully saturated rings. The molecular formula is C16H23ClN2O2. The zero-order chi connectivity index (χ0) is 15.4. The van der Waals surface area contributed by atoms with Gasteiger partial charge in [-0.3, -0.25) is 4.79 Å². The summed E-state index contributed by atoms with van der Waals surface area (Å²) in [6.07, 6.45) is 0.991. The topological polar surface area (TPSA) is 41.6 Å². The number of amides is 1. The number of methoxy groups -OCH3 is 1. The maximum atomic E-state index is 11.4. The number of piperidine rings is 1. The first kappa shape index (κ1) is 16.1. The first-order valence-corrected chi connectivity index (χ1v) is 7.70. The van der Waals surface area contributed by atoms with Crippen LogP contribution in [0.3, 0.4) is 0 Å². The van der Waals surface area contributed by atoms with E-state index in [4.69, 9.17) is 16.3 Å². The van der Waals surface area contributed by atoms with Crippen LogP contribution in [0.15, 0.2) is 18.2 Å². The zero-order valence-corrected chi connectivity index (χ0v) is 13.6. The maximum Gasteiger partial charge on any atom is 0.219 e. The summed E-state index contributed by atoms with van der Waals surface area (Å²) in [5, 5.41) is 4.21. The van der Waals surface area contributed by atoms with Crippen LogP contribution in [-0.2, 0) is 11.3 Å². The molecule has 1 aromatic carbocycles. The van der Waals surface area contributed by atoms with Gasteiger partial charge in [0.2, 0.25) is 5.91 Å². The van der Waals surface area contributed by atoms with E-state index in [2.05, 4.69) is 12.2 Å². The Morgan fingerprint density at radius 3 is 2.86 bits per heavy atom. The Bertz CT molecular complexity index is 507. The van der Waals surface area contributed by atoms with Crippen LogP contribution in [0.25, 0.3) is 0 Å². The van der Waals surface area contributed by atoms with E-state index in [-0.39, 0.29) is 5.91 Å². The third kappa shape index (κ3) is 4.11. The van der Waals surface area contributed by atoms with Crippen LogP contribution in [0, 0.1) is 5.92 Å². The summed E-state index contributed by atoms with van der Waals surface area (Å²) in [4.78, 5) is 13.3. The molecule has 1 saturated heterocycles. The van der Waals surface area contributed by atoms with Crippen LogP contribution >= 0.6 is 11.6 Å². The number of ether oxygens (including phenoxy) is 1. The standard InChI is InChI=1S/C16H23ClN2O2/c1-11-10-19(12(2)20)7-6-15(11)18-9-13-4-5-16(21-3)14(17)8-13/h4-5,8,11,15,18H,6-7,9-10H2,1-3H3/t11-,15+/m0/s1. The minimum Gasteiger partial charge on any atom is -0.495 e. The van der Waals surface area contributed by atoms with Crippen molar-refractivity contribution in [3.05, 3.63) is 28.8 Å². The lowest BCUT2D eigenvalue weighted by atomic mass is 9.93. The number of hydrogen-bond donors (Lipinski definition) is 1. The van der Waals surface area contributed by atoms with Crippen molar-refractivity contribution in [3.8, 4) is 5.75 Å². The highest BCUT2D eigenvalue weighted by atomic mass is 35.5. The largest absolute Gasteiger partial charge is 0.495 e. The second kappa shape index (κ2) is 7.14. The smallest absolute Gasteiger partial charge is 0.219 e. The maximum absolute atomic E-state index is 11.4. The number of carbonyl (C=O) groups excluding carboxylic acids is 1. The molecule has 0 saturated carbocycles. The average molecular weight is 311 g/mol. The molecule has 0 radical (unpaired) electrons. The lowest BCUT2D eigenvalue weighted by Gasteiger charge is -2.37. The lowest BCUT2D eigenvalue weighted by molar-refractivity contribution is -0.130. The van der Waals surface area contributed by atoms with Gasteiger partial charge < -0.3 is 15.0 Å². The molecule has 0 spiro atoms. The van der Waals surface area contributed by atoms with Gasteiger partial charge in [-0.2, -0.15) is 0 Å². The van der Waals surface area contributed by atoms with E-state index in [0.29, 0.717) is 22.7 Å². The highest BCUT2D eigenvalue weighted by Gasteiger charge is 2.26. The second-order valence-electron chi connectivity index (χ2n) is 5.69. The number of hydrogen-bond acceptors (Lipinski definition) is 3. The fraction of sp³-hybridized carbons (Fsp3) is 0.562. The van der Waals surface area contributed by atoms with E-state index in [0.717, 1.165) is 31.6 Å². The van der Waals surface area contributed by atoms with Crippen molar-refractivity contribution >= 4 is 17.5 Å². The lowest BCUT2D eigenvalue weighted by Crippen LogP contribution is -2.49. The molecule has 1 aliphatic rings. The van der Waals surface area contributed by atoms with Gasteiger partial charge in [-0.1, -0.05) is 24.6 Å². The third-order valence-corrected chi connectivity index (χ3v) is 4.43. The summed E-state index contributed by atoms with van der Waals surface area (Å²) < 4.78 is 5.16. The number of carbonyl (C=O) groups is 1. The third-order valence-electron chi connectivity index (χ3n) is 4.14. The van der Waals surface area contributed by atoms with Crippen molar-refractivity contribution < 1.29 is 9.53 Å². The number of nitrogens with one attached hydrogen (secondary N) is 1. The minimum absolute atomic E-state index is 0.169. The van der Waals surface area contributed by atoms with Gasteiger partial charge in [0.05, 0.1) is 12.1 Å². The van der Waals surface area contributed by atoms with Gasteiger partial charge in [0, 0.05) is 32.6 Å². The monoisotopic (exact) mass is 310 g/mol. The van der Waals surface area contributed by atoms with Crippen LogP contribution in [0.2, 0.25) is 5.02 Å². The molecule has 2 rings (SSSR count). The molecular weight excluding hydrogens is 288 g/mol. The highest BCUT2D eigenvalue weighted by Crippen LogP contribution is 2.25. The molecule has 4 nitrogen and oxygen atoms in total. The first-order valence-electron chi connectivity index (χ1n) is 7.32. The van der Waals surface area contributed by atoms with Crippen LogP contribution in [-0.4, -0.2) is 37.0 Å². The molecule has 0 bridgehead atoms. The van der Waals surface area contributed by atoms with Gasteiger partial charge in [0.15, 0.2) is 0 Å².